The number of hydrogen-bond acceptors (Lipinski definition) is 3. The third kappa shape index (κ3) is 3.94. The van der Waals surface area contributed by atoms with E-state index in [1.807, 2.05) is 50.2 Å². The van der Waals surface area contributed by atoms with E-state index in [4.69, 9.17) is 9.15 Å². The van der Waals surface area contributed by atoms with Gasteiger partial charge in [0, 0.05) is 5.69 Å². The summed E-state index contributed by atoms with van der Waals surface area (Å²) in [6, 6.07) is 11.9. The summed E-state index contributed by atoms with van der Waals surface area (Å²) in [4.78, 5) is 0. The maximum Gasteiger partial charge on any atom is 0.164 e. The van der Waals surface area contributed by atoms with Crippen molar-refractivity contribution in [1.29, 1.82) is 0 Å². The van der Waals surface area contributed by atoms with Crippen LogP contribution in [0.4, 0.5) is 5.69 Å². The zero-order valence-corrected chi connectivity index (χ0v) is 12.6. The summed E-state index contributed by atoms with van der Waals surface area (Å²) in [5.41, 5.74) is 1.05. The summed E-state index contributed by atoms with van der Waals surface area (Å²) in [5, 5.41) is 3.30. The molecule has 0 aliphatic rings. The van der Waals surface area contributed by atoms with E-state index >= 15 is 0 Å². The Morgan fingerprint density at radius 2 is 1.89 bits per heavy atom. The highest BCUT2D eigenvalue weighted by atomic mass is 127. The lowest BCUT2D eigenvalue weighted by molar-refractivity contribution is 0.242. The third-order valence-electron chi connectivity index (χ3n) is 2.32. The van der Waals surface area contributed by atoms with E-state index in [0.29, 0.717) is 6.54 Å². The molecule has 0 bridgehead atoms. The van der Waals surface area contributed by atoms with Crippen molar-refractivity contribution in [2.45, 2.75) is 26.5 Å². The van der Waals surface area contributed by atoms with Crippen LogP contribution in [0, 0.1) is 3.77 Å². The van der Waals surface area contributed by atoms with Crippen LogP contribution in [-0.2, 0) is 6.54 Å². The fourth-order valence-electron chi connectivity index (χ4n) is 1.56. The Labute approximate surface area is 121 Å². The average molecular weight is 357 g/mol. The summed E-state index contributed by atoms with van der Waals surface area (Å²) in [5.74, 6) is 1.82. The van der Waals surface area contributed by atoms with Gasteiger partial charge in [-0.15, -0.1) is 0 Å². The molecule has 1 aromatic carbocycles. The molecule has 0 spiro atoms. The predicted molar refractivity (Wildman–Crippen MR) is 81.0 cm³/mol. The van der Waals surface area contributed by atoms with Gasteiger partial charge < -0.3 is 14.5 Å². The molecular weight excluding hydrogens is 341 g/mol. The van der Waals surface area contributed by atoms with Gasteiger partial charge in [0.15, 0.2) is 3.77 Å². The van der Waals surface area contributed by atoms with E-state index in [0.717, 1.165) is 21.0 Å². The second-order valence-corrected chi connectivity index (χ2v) is 5.31. The van der Waals surface area contributed by atoms with Crippen molar-refractivity contribution < 1.29 is 9.15 Å². The number of nitrogens with one attached hydrogen (secondary N) is 1. The van der Waals surface area contributed by atoms with Crippen LogP contribution in [0.5, 0.6) is 5.75 Å². The second-order valence-electron chi connectivity index (χ2n) is 4.25. The maximum atomic E-state index is 5.59. The molecule has 0 aliphatic carbocycles. The first-order chi connectivity index (χ1) is 8.63. The minimum absolute atomic E-state index is 0.203. The number of rotatable bonds is 5. The Bertz CT molecular complexity index is 491. The van der Waals surface area contributed by atoms with Crippen LogP contribution < -0.4 is 10.1 Å². The van der Waals surface area contributed by atoms with E-state index in [2.05, 4.69) is 27.9 Å². The summed E-state index contributed by atoms with van der Waals surface area (Å²) in [7, 11) is 0. The minimum atomic E-state index is 0.203. The summed E-state index contributed by atoms with van der Waals surface area (Å²) in [6.07, 6.45) is 0.203. The van der Waals surface area contributed by atoms with Gasteiger partial charge in [-0.3, -0.25) is 0 Å². The van der Waals surface area contributed by atoms with Gasteiger partial charge in [-0.2, -0.15) is 0 Å². The fourth-order valence-corrected chi connectivity index (χ4v) is 2.02. The monoisotopic (exact) mass is 357 g/mol. The molecule has 1 aromatic heterocycles. The van der Waals surface area contributed by atoms with Crippen LogP contribution >= 0.6 is 22.6 Å². The zero-order chi connectivity index (χ0) is 13.0. The molecule has 18 heavy (non-hydrogen) atoms. The lowest BCUT2D eigenvalue weighted by Gasteiger charge is -2.10. The average Bonchev–Trinajstić information content (AvgIpc) is 2.74. The van der Waals surface area contributed by atoms with Gasteiger partial charge in [0.1, 0.15) is 11.5 Å². The van der Waals surface area contributed by atoms with E-state index in [9.17, 15) is 0 Å². The molecule has 0 saturated heterocycles. The molecule has 0 unspecified atom stereocenters. The van der Waals surface area contributed by atoms with Crippen molar-refractivity contribution in [2.75, 3.05) is 5.32 Å². The Balaban J connectivity index is 1.90. The van der Waals surface area contributed by atoms with Crippen molar-refractivity contribution in [3.05, 3.63) is 45.9 Å². The predicted octanol–water partition coefficient (Wildman–Crippen LogP) is 4.28. The molecular formula is C14H16INO2. The highest BCUT2D eigenvalue weighted by molar-refractivity contribution is 14.1. The molecule has 0 atom stereocenters. The van der Waals surface area contributed by atoms with Gasteiger partial charge in [0.2, 0.25) is 0 Å². The van der Waals surface area contributed by atoms with Crippen LogP contribution in [0.3, 0.4) is 0 Å². The number of ether oxygens (including phenoxy) is 1. The minimum Gasteiger partial charge on any atom is -0.491 e. The second kappa shape index (κ2) is 6.13. The summed E-state index contributed by atoms with van der Waals surface area (Å²) in [6.45, 7) is 4.72. The number of anilines is 1. The number of benzene rings is 1. The van der Waals surface area contributed by atoms with Crippen LogP contribution in [0.1, 0.15) is 19.6 Å². The zero-order valence-electron chi connectivity index (χ0n) is 10.4. The smallest absolute Gasteiger partial charge is 0.164 e. The topological polar surface area (TPSA) is 34.4 Å². The van der Waals surface area contributed by atoms with E-state index in [-0.39, 0.29) is 6.10 Å². The molecule has 0 fully saturated rings. The molecule has 0 saturated carbocycles. The number of furan rings is 1. The Morgan fingerprint density at radius 1 is 1.17 bits per heavy atom. The van der Waals surface area contributed by atoms with Crippen LogP contribution in [-0.4, -0.2) is 6.10 Å². The fraction of sp³-hybridized carbons (Fsp3) is 0.286. The molecule has 3 nitrogen and oxygen atoms in total. The largest absolute Gasteiger partial charge is 0.491 e. The first kappa shape index (κ1) is 13.3. The molecule has 1 N–H and O–H groups in total. The molecule has 0 amide bonds. The van der Waals surface area contributed by atoms with Gasteiger partial charge in [0.25, 0.3) is 0 Å². The summed E-state index contributed by atoms with van der Waals surface area (Å²) >= 11 is 2.16. The lowest BCUT2D eigenvalue weighted by atomic mass is 10.3. The molecule has 2 rings (SSSR count). The van der Waals surface area contributed by atoms with Gasteiger partial charge in [-0.25, -0.2) is 0 Å². The van der Waals surface area contributed by atoms with Crippen LogP contribution in [0.25, 0.3) is 0 Å². The SMILES string of the molecule is CC(C)Oc1ccc(NCc2ccc(I)o2)cc1. The highest BCUT2D eigenvalue weighted by Crippen LogP contribution is 2.18. The molecule has 0 radical (unpaired) electrons. The standard InChI is InChI=1S/C14H16INO2/c1-10(2)17-12-5-3-11(4-6-12)16-9-13-7-8-14(15)18-13/h3-8,10,16H,9H2,1-2H3. The maximum absolute atomic E-state index is 5.59. The number of hydrogen-bond donors (Lipinski definition) is 1. The number of halogens is 1. The van der Waals surface area contributed by atoms with Crippen LogP contribution in [0.15, 0.2) is 40.8 Å². The van der Waals surface area contributed by atoms with Crippen LogP contribution in [0.2, 0.25) is 0 Å². The van der Waals surface area contributed by atoms with Gasteiger partial charge >= 0.3 is 0 Å². The lowest BCUT2D eigenvalue weighted by Crippen LogP contribution is -2.05. The first-order valence-corrected chi connectivity index (χ1v) is 6.96. The third-order valence-corrected chi connectivity index (χ3v) is 2.90. The first-order valence-electron chi connectivity index (χ1n) is 5.88. The normalized spacial score (nSPS) is 10.7. The van der Waals surface area contributed by atoms with Gasteiger partial charge in [0.05, 0.1) is 12.6 Å². The Morgan fingerprint density at radius 3 is 2.44 bits per heavy atom. The molecule has 1 heterocycles. The van der Waals surface area contributed by atoms with Crippen molar-refractivity contribution in [3.63, 3.8) is 0 Å². The Kier molecular flexibility index (Phi) is 4.52. The highest BCUT2D eigenvalue weighted by Gasteiger charge is 2.00. The van der Waals surface area contributed by atoms with E-state index in [1.54, 1.807) is 0 Å². The van der Waals surface area contributed by atoms with Crippen molar-refractivity contribution in [1.82, 2.24) is 0 Å². The molecule has 2 aromatic rings. The summed E-state index contributed by atoms with van der Waals surface area (Å²) < 4.78 is 12.0. The quantitative estimate of drug-likeness (QED) is 0.811. The Hall–Kier alpha value is -1.17. The van der Waals surface area contributed by atoms with Gasteiger partial charge in [-0.05, 0) is 72.8 Å². The molecule has 4 heteroatoms. The van der Waals surface area contributed by atoms with Gasteiger partial charge in [-0.1, -0.05) is 0 Å². The van der Waals surface area contributed by atoms with Crippen molar-refractivity contribution >= 4 is 28.3 Å². The molecule has 96 valence electrons. The molecule has 0 aliphatic heterocycles. The van der Waals surface area contributed by atoms with E-state index < -0.39 is 0 Å². The van der Waals surface area contributed by atoms with Crippen molar-refractivity contribution in [3.8, 4) is 5.75 Å². The van der Waals surface area contributed by atoms with Crippen molar-refractivity contribution in [2.24, 2.45) is 0 Å². The van der Waals surface area contributed by atoms with E-state index in [1.165, 1.54) is 0 Å².